The van der Waals surface area contributed by atoms with Gasteiger partial charge in [0.1, 0.15) is 5.82 Å². The highest BCUT2D eigenvalue weighted by molar-refractivity contribution is 7.98. The summed E-state index contributed by atoms with van der Waals surface area (Å²) in [5.74, 6) is 1.19. The van der Waals surface area contributed by atoms with Gasteiger partial charge in [0.15, 0.2) is 0 Å². The zero-order chi connectivity index (χ0) is 12.8. The molecular formula is C13H12N2O2S. The second-order valence-electron chi connectivity index (χ2n) is 3.58. The minimum Gasteiger partial charge on any atom is -0.465 e. The van der Waals surface area contributed by atoms with Crippen LogP contribution in [0, 0.1) is 0 Å². The molecule has 1 amide bonds. The maximum Gasteiger partial charge on any atom is 0.410 e. The number of carboxylic acid groups (broad SMARTS) is 1. The number of rotatable bonds is 4. The number of aromatic nitrogens is 1. The number of carbonyl (C=O) groups is 1. The van der Waals surface area contributed by atoms with Crippen LogP contribution in [0.2, 0.25) is 0 Å². The van der Waals surface area contributed by atoms with Crippen molar-refractivity contribution in [1.82, 2.24) is 4.98 Å². The molecule has 18 heavy (non-hydrogen) atoms. The van der Waals surface area contributed by atoms with Crippen LogP contribution in [0.1, 0.15) is 5.56 Å². The highest BCUT2D eigenvalue weighted by Crippen LogP contribution is 2.23. The summed E-state index contributed by atoms with van der Waals surface area (Å²) in [5.41, 5.74) is 1.23. The summed E-state index contributed by atoms with van der Waals surface area (Å²) in [6.07, 6.45) is 0.492. The molecule has 0 unspecified atom stereocenters. The van der Waals surface area contributed by atoms with Gasteiger partial charge < -0.3 is 5.11 Å². The second kappa shape index (κ2) is 6.07. The van der Waals surface area contributed by atoms with Gasteiger partial charge >= 0.3 is 6.09 Å². The molecule has 0 radical (unpaired) electrons. The average Bonchev–Trinajstić information content (AvgIpc) is 2.37. The molecular weight excluding hydrogens is 248 g/mol. The number of hydrogen-bond acceptors (Lipinski definition) is 3. The molecule has 1 heterocycles. The van der Waals surface area contributed by atoms with Gasteiger partial charge in [-0.25, -0.2) is 9.78 Å². The van der Waals surface area contributed by atoms with Gasteiger partial charge in [-0.15, -0.1) is 11.8 Å². The third-order valence-corrected chi connectivity index (χ3v) is 3.28. The van der Waals surface area contributed by atoms with Crippen LogP contribution in [0.3, 0.4) is 0 Å². The van der Waals surface area contributed by atoms with E-state index >= 15 is 0 Å². The Morgan fingerprint density at radius 3 is 2.78 bits per heavy atom. The van der Waals surface area contributed by atoms with Crippen LogP contribution in [0.4, 0.5) is 10.6 Å². The van der Waals surface area contributed by atoms with Crippen LogP contribution in [0.25, 0.3) is 0 Å². The minimum absolute atomic E-state index is 0.348. The first-order valence-corrected chi connectivity index (χ1v) is 6.35. The van der Waals surface area contributed by atoms with E-state index in [-0.39, 0.29) is 0 Å². The van der Waals surface area contributed by atoms with Crippen molar-refractivity contribution in [2.45, 2.75) is 10.6 Å². The molecule has 0 aliphatic rings. The summed E-state index contributed by atoms with van der Waals surface area (Å²) in [6.45, 7) is 0. The first-order chi connectivity index (χ1) is 8.74. The lowest BCUT2D eigenvalue weighted by Gasteiger charge is -2.04. The molecule has 2 N–H and O–H groups in total. The number of pyridine rings is 1. The van der Waals surface area contributed by atoms with Crippen molar-refractivity contribution in [3.8, 4) is 0 Å². The summed E-state index contributed by atoms with van der Waals surface area (Å²) in [7, 11) is 0. The molecule has 1 aromatic carbocycles. The van der Waals surface area contributed by atoms with Crippen molar-refractivity contribution in [3.05, 3.63) is 54.2 Å². The van der Waals surface area contributed by atoms with Crippen LogP contribution in [-0.2, 0) is 5.75 Å². The van der Waals surface area contributed by atoms with E-state index in [1.54, 1.807) is 24.0 Å². The number of benzene rings is 1. The SMILES string of the molecule is O=C(O)Nc1cc(SCc2ccccc2)ccn1. The maximum absolute atomic E-state index is 10.5. The summed E-state index contributed by atoms with van der Waals surface area (Å²) in [6, 6.07) is 13.7. The largest absolute Gasteiger partial charge is 0.465 e. The molecule has 0 spiro atoms. The number of thioether (sulfide) groups is 1. The van der Waals surface area contributed by atoms with E-state index in [0.29, 0.717) is 5.82 Å². The Hall–Kier alpha value is -2.01. The highest BCUT2D eigenvalue weighted by atomic mass is 32.2. The van der Waals surface area contributed by atoms with Crippen molar-refractivity contribution in [2.75, 3.05) is 5.32 Å². The van der Waals surface area contributed by atoms with Crippen LogP contribution >= 0.6 is 11.8 Å². The third-order valence-electron chi connectivity index (χ3n) is 2.21. The predicted octanol–water partition coefficient (Wildman–Crippen LogP) is 3.46. The van der Waals surface area contributed by atoms with Crippen molar-refractivity contribution in [3.63, 3.8) is 0 Å². The molecule has 4 nitrogen and oxygen atoms in total. The molecule has 0 aliphatic heterocycles. The lowest BCUT2D eigenvalue weighted by molar-refractivity contribution is 0.209. The van der Waals surface area contributed by atoms with Gasteiger partial charge in [0.2, 0.25) is 0 Å². The third kappa shape index (κ3) is 3.78. The van der Waals surface area contributed by atoms with Gasteiger partial charge in [-0.05, 0) is 17.7 Å². The molecule has 0 fully saturated rings. The fourth-order valence-corrected chi connectivity index (χ4v) is 2.30. The summed E-state index contributed by atoms with van der Waals surface area (Å²) < 4.78 is 0. The Labute approximate surface area is 109 Å². The van der Waals surface area contributed by atoms with Gasteiger partial charge in [-0.2, -0.15) is 0 Å². The smallest absolute Gasteiger partial charge is 0.410 e. The van der Waals surface area contributed by atoms with E-state index < -0.39 is 6.09 Å². The van der Waals surface area contributed by atoms with E-state index in [1.807, 2.05) is 24.3 Å². The van der Waals surface area contributed by atoms with Crippen LogP contribution < -0.4 is 5.32 Å². The molecule has 2 rings (SSSR count). The number of nitrogens with one attached hydrogen (secondary N) is 1. The summed E-state index contributed by atoms with van der Waals surface area (Å²) >= 11 is 1.64. The minimum atomic E-state index is -1.10. The van der Waals surface area contributed by atoms with Crippen LogP contribution in [-0.4, -0.2) is 16.2 Å². The molecule has 0 bridgehead atoms. The van der Waals surface area contributed by atoms with E-state index in [9.17, 15) is 4.79 Å². The molecule has 0 saturated heterocycles. The number of amides is 1. The standard InChI is InChI=1S/C13H12N2O2S/c16-13(17)15-12-8-11(6-7-14-12)18-9-10-4-2-1-3-5-10/h1-8H,9H2,(H,14,15)(H,16,17). The number of anilines is 1. The number of nitrogens with zero attached hydrogens (tertiary/aromatic N) is 1. The van der Waals surface area contributed by atoms with E-state index in [0.717, 1.165) is 10.6 Å². The average molecular weight is 260 g/mol. The zero-order valence-corrected chi connectivity index (χ0v) is 10.4. The van der Waals surface area contributed by atoms with Crippen molar-refractivity contribution in [1.29, 1.82) is 0 Å². The normalized spacial score (nSPS) is 10.0. The molecule has 0 aliphatic carbocycles. The van der Waals surface area contributed by atoms with Gasteiger partial charge in [-0.3, -0.25) is 5.32 Å². The molecule has 92 valence electrons. The zero-order valence-electron chi connectivity index (χ0n) is 9.54. The fourth-order valence-electron chi connectivity index (χ4n) is 1.42. The van der Waals surface area contributed by atoms with Crippen molar-refractivity contribution in [2.24, 2.45) is 0 Å². The van der Waals surface area contributed by atoms with Gasteiger partial charge in [-0.1, -0.05) is 30.3 Å². The lowest BCUT2D eigenvalue weighted by atomic mass is 10.2. The predicted molar refractivity (Wildman–Crippen MR) is 71.9 cm³/mol. The molecule has 5 heteroatoms. The van der Waals surface area contributed by atoms with Gasteiger partial charge in [0, 0.05) is 16.8 Å². The second-order valence-corrected chi connectivity index (χ2v) is 4.63. The Kier molecular flexibility index (Phi) is 4.20. The van der Waals surface area contributed by atoms with E-state index in [4.69, 9.17) is 5.11 Å². The van der Waals surface area contributed by atoms with Crippen LogP contribution in [0.15, 0.2) is 53.6 Å². The maximum atomic E-state index is 10.5. The Bertz CT molecular complexity index is 532. The van der Waals surface area contributed by atoms with Crippen molar-refractivity contribution >= 4 is 23.7 Å². The number of hydrogen-bond donors (Lipinski definition) is 2. The monoisotopic (exact) mass is 260 g/mol. The molecule has 2 aromatic rings. The Morgan fingerprint density at radius 2 is 2.06 bits per heavy atom. The molecule has 0 atom stereocenters. The quantitative estimate of drug-likeness (QED) is 0.826. The summed E-state index contributed by atoms with van der Waals surface area (Å²) in [4.78, 5) is 15.4. The van der Waals surface area contributed by atoms with E-state index in [2.05, 4.69) is 22.4 Å². The fraction of sp³-hybridized carbons (Fsp3) is 0.0769. The summed E-state index contributed by atoms with van der Waals surface area (Å²) in [5, 5.41) is 10.8. The van der Waals surface area contributed by atoms with Gasteiger partial charge in [0.05, 0.1) is 0 Å². The molecule has 1 aromatic heterocycles. The Morgan fingerprint density at radius 1 is 1.28 bits per heavy atom. The van der Waals surface area contributed by atoms with Crippen LogP contribution in [0.5, 0.6) is 0 Å². The highest BCUT2D eigenvalue weighted by Gasteiger charge is 2.01. The van der Waals surface area contributed by atoms with Gasteiger partial charge in [0.25, 0.3) is 0 Å². The lowest BCUT2D eigenvalue weighted by Crippen LogP contribution is -2.08. The molecule has 0 saturated carbocycles. The van der Waals surface area contributed by atoms with Crippen molar-refractivity contribution < 1.29 is 9.90 Å². The van der Waals surface area contributed by atoms with E-state index in [1.165, 1.54) is 5.56 Å². The topological polar surface area (TPSA) is 62.2 Å². The first kappa shape index (κ1) is 12.4. The Balaban J connectivity index is 1.99. The first-order valence-electron chi connectivity index (χ1n) is 5.37.